The maximum atomic E-state index is 12.1. The van der Waals surface area contributed by atoms with Crippen molar-refractivity contribution in [2.24, 2.45) is 0 Å². The van der Waals surface area contributed by atoms with E-state index < -0.39 is 6.36 Å². The molecule has 0 atom stereocenters. The normalized spacial score (nSPS) is 12.0. The number of hydrogen-bond acceptors (Lipinski definition) is 2. The van der Waals surface area contributed by atoms with Crippen LogP contribution in [0.2, 0.25) is 0 Å². The highest BCUT2D eigenvalue weighted by Crippen LogP contribution is 2.30. The van der Waals surface area contributed by atoms with E-state index in [4.69, 9.17) is 11.6 Å². The fraction of sp³-hybridized carbons (Fsp3) is 0.273. The number of phenolic OH excluding ortho intramolecular Hbond substituents is 1. The van der Waals surface area contributed by atoms with Crippen molar-refractivity contribution < 1.29 is 23.0 Å². The van der Waals surface area contributed by atoms with Crippen LogP contribution in [0.5, 0.6) is 11.5 Å². The van der Waals surface area contributed by atoms with Crippen LogP contribution in [-0.4, -0.2) is 17.3 Å². The van der Waals surface area contributed by atoms with Crippen LogP contribution in [0.3, 0.4) is 0 Å². The van der Waals surface area contributed by atoms with Gasteiger partial charge in [0.05, 0.1) is 0 Å². The summed E-state index contributed by atoms with van der Waals surface area (Å²) < 4.78 is 40.1. The smallest absolute Gasteiger partial charge is 0.508 e. The van der Waals surface area contributed by atoms with Crippen molar-refractivity contribution in [1.29, 1.82) is 0 Å². The van der Waals surface area contributed by atoms with E-state index in [0.29, 0.717) is 12.3 Å². The van der Waals surface area contributed by atoms with E-state index in [1.165, 1.54) is 12.1 Å². The molecular formula is C11H10ClF3O2. The largest absolute Gasteiger partial charge is 0.573 e. The molecule has 0 aliphatic rings. The van der Waals surface area contributed by atoms with E-state index >= 15 is 0 Å². The van der Waals surface area contributed by atoms with Crippen LogP contribution in [-0.2, 0) is 0 Å². The Kier molecular flexibility index (Phi) is 4.69. The van der Waals surface area contributed by atoms with Crippen molar-refractivity contribution >= 4 is 17.7 Å². The lowest BCUT2D eigenvalue weighted by Crippen LogP contribution is -2.17. The Hall–Kier alpha value is -1.36. The van der Waals surface area contributed by atoms with Crippen LogP contribution in [0.15, 0.2) is 24.3 Å². The van der Waals surface area contributed by atoms with E-state index in [2.05, 4.69) is 4.74 Å². The molecule has 0 aliphatic heterocycles. The van der Waals surface area contributed by atoms with Crippen LogP contribution in [0.4, 0.5) is 13.2 Å². The first kappa shape index (κ1) is 13.7. The quantitative estimate of drug-likeness (QED) is 0.837. The van der Waals surface area contributed by atoms with Gasteiger partial charge < -0.3 is 9.84 Å². The van der Waals surface area contributed by atoms with E-state index in [0.717, 1.165) is 12.1 Å². The molecule has 0 bridgehead atoms. The van der Waals surface area contributed by atoms with Crippen LogP contribution in [0.25, 0.3) is 6.08 Å². The van der Waals surface area contributed by atoms with Crippen molar-refractivity contribution in [3.63, 3.8) is 0 Å². The molecule has 1 N–H and O–H groups in total. The highest BCUT2D eigenvalue weighted by atomic mass is 35.5. The lowest BCUT2D eigenvalue weighted by Gasteiger charge is -2.11. The Balaban J connectivity index is 2.95. The minimum Gasteiger partial charge on any atom is -0.508 e. The average Bonchev–Trinajstić information content (AvgIpc) is 2.20. The maximum Gasteiger partial charge on any atom is 0.573 e. The van der Waals surface area contributed by atoms with E-state index in [1.54, 1.807) is 6.08 Å². The van der Waals surface area contributed by atoms with Gasteiger partial charge >= 0.3 is 6.36 Å². The Labute approximate surface area is 101 Å². The number of ether oxygens (including phenoxy) is 1. The van der Waals surface area contributed by atoms with E-state index in [9.17, 15) is 18.3 Å². The van der Waals surface area contributed by atoms with Crippen LogP contribution >= 0.6 is 11.6 Å². The van der Waals surface area contributed by atoms with Crippen LogP contribution in [0.1, 0.15) is 12.0 Å². The average molecular weight is 267 g/mol. The zero-order chi connectivity index (χ0) is 12.9. The minimum atomic E-state index is -4.76. The topological polar surface area (TPSA) is 29.5 Å². The zero-order valence-electron chi connectivity index (χ0n) is 8.67. The fourth-order valence-electron chi connectivity index (χ4n) is 1.16. The van der Waals surface area contributed by atoms with Gasteiger partial charge in [-0.3, -0.25) is 0 Å². The van der Waals surface area contributed by atoms with E-state index in [1.807, 2.05) is 0 Å². The molecule has 0 saturated carbocycles. The molecule has 0 heterocycles. The van der Waals surface area contributed by atoms with Gasteiger partial charge in [0.15, 0.2) is 0 Å². The van der Waals surface area contributed by atoms with Gasteiger partial charge in [-0.2, -0.15) is 0 Å². The second-order valence-electron chi connectivity index (χ2n) is 3.15. The molecule has 17 heavy (non-hydrogen) atoms. The van der Waals surface area contributed by atoms with Gasteiger partial charge in [0.2, 0.25) is 0 Å². The highest BCUT2D eigenvalue weighted by Gasteiger charge is 2.31. The first-order valence-electron chi connectivity index (χ1n) is 4.73. The van der Waals surface area contributed by atoms with Crippen molar-refractivity contribution in [3.05, 3.63) is 29.8 Å². The molecule has 0 aliphatic carbocycles. The van der Waals surface area contributed by atoms with Gasteiger partial charge in [0.25, 0.3) is 0 Å². The third-order valence-corrected chi connectivity index (χ3v) is 2.01. The Morgan fingerprint density at radius 1 is 1.35 bits per heavy atom. The first-order valence-corrected chi connectivity index (χ1v) is 5.27. The van der Waals surface area contributed by atoms with Crippen molar-refractivity contribution in [3.8, 4) is 11.5 Å². The van der Waals surface area contributed by atoms with Crippen LogP contribution < -0.4 is 4.74 Å². The van der Waals surface area contributed by atoms with Crippen molar-refractivity contribution in [1.82, 2.24) is 0 Å². The molecule has 0 fully saturated rings. The van der Waals surface area contributed by atoms with Gasteiger partial charge in [-0.25, -0.2) is 0 Å². The lowest BCUT2D eigenvalue weighted by molar-refractivity contribution is -0.274. The third-order valence-electron chi connectivity index (χ3n) is 1.79. The summed E-state index contributed by atoms with van der Waals surface area (Å²) in [7, 11) is 0. The monoisotopic (exact) mass is 266 g/mol. The number of rotatable bonds is 4. The second kappa shape index (κ2) is 5.82. The molecule has 0 saturated heterocycles. The summed E-state index contributed by atoms with van der Waals surface area (Å²) in [5.74, 6) is -0.128. The predicted octanol–water partition coefficient (Wildman–Crippen LogP) is 3.93. The number of hydrogen-bond donors (Lipinski definition) is 1. The molecule has 2 nitrogen and oxygen atoms in total. The van der Waals surface area contributed by atoms with E-state index in [-0.39, 0.29) is 17.1 Å². The van der Waals surface area contributed by atoms with Gasteiger partial charge in [-0.05, 0) is 24.6 Å². The molecule has 0 radical (unpaired) electrons. The molecule has 94 valence electrons. The Bertz CT molecular complexity index is 402. The summed E-state index contributed by atoms with van der Waals surface area (Å²) >= 11 is 5.43. The van der Waals surface area contributed by atoms with Gasteiger partial charge in [0.1, 0.15) is 11.5 Å². The number of halogens is 4. The predicted molar refractivity (Wildman–Crippen MR) is 59.2 cm³/mol. The standard InChI is InChI=1S/C11H10ClF3O2/c12-6-2-1-3-8-7-9(16)4-5-10(8)17-11(13,14)15/h1,3-5,7,16H,2,6H2. The van der Waals surface area contributed by atoms with Crippen molar-refractivity contribution in [2.75, 3.05) is 5.88 Å². The Morgan fingerprint density at radius 3 is 2.65 bits per heavy atom. The van der Waals surface area contributed by atoms with Crippen LogP contribution in [0, 0.1) is 0 Å². The molecular weight excluding hydrogens is 257 g/mol. The number of allylic oxidation sites excluding steroid dienone is 1. The number of benzene rings is 1. The molecule has 1 rings (SSSR count). The Morgan fingerprint density at radius 2 is 2.06 bits per heavy atom. The van der Waals surface area contributed by atoms with Gasteiger partial charge in [-0.1, -0.05) is 12.2 Å². The third kappa shape index (κ3) is 4.99. The SMILES string of the molecule is Oc1ccc(OC(F)(F)F)c(C=CCCCl)c1. The molecule has 1 aromatic rings. The minimum absolute atomic E-state index is 0.134. The molecule has 6 heteroatoms. The summed E-state index contributed by atoms with van der Waals surface area (Å²) in [5, 5.41) is 9.20. The number of alkyl halides is 4. The van der Waals surface area contributed by atoms with Gasteiger partial charge in [-0.15, -0.1) is 24.8 Å². The molecule has 0 aromatic heterocycles. The molecule has 0 amide bonds. The zero-order valence-corrected chi connectivity index (χ0v) is 9.42. The number of aromatic hydroxyl groups is 1. The van der Waals surface area contributed by atoms with Gasteiger partial charge in [0, 0.05) is 11.4 Å². The number of phenols is 1. The molecule has 0 unspecified atom stereocenters. The summed E-state index contributed by atoms with van der Waals surface area (Å²) in [6, 6.07) is 3.37. The summed E-state index contributed by atoms with van der Waals surface area (Å²) in [5.41, 5.74) is 0.146. The second-order valence-corrected chi connectivity index (χ2v) is 3.53. The summed E-state index contributed by atoms with van der Waals surface area (Å²) in [4.78, 5) is 0. The molecule has 0 spiro atoms. The summed E-state index contributed by atoms with van der Waals surface area (Å²) in [6.07, 6.45) is -1.22. The fourth-order valence-corrected chi connectivity index (χ4v) is 1.28. The molecule has 1 aromatic carbocycles. The maximum absolute atomic E-state index is 12.1. The summed E-state index contributed by atoms with van der Waals surface area (Å²) in [6.45, 7) is 0. The lowest BCUT2D eigenvalue weighted by atomic mass is 10.1. The van der Waals surface area contributed by atoms with Crippen molar-refractivity contribution in [2.45, 2.75) is 12.8 Å². The first-order chi connectivity index (χ1) is 7.92. The highest BCUT2D eigenvalue weighted by molar-refractivity contribution is 6.17.